The number of hydrogen-bond acceptors (Lipinski definition) is 2. The van der Waals surface area contributed by atoms with Gasteiger partial charge in [-0.2, -0.15) is 5.26 Å². The van der Waals surface area contributed by atoms with Gasteiger partial charge in [-0.05, 0) is 60.9 Å². The summed E-state index contributed by atoms with van der Waals surface area (Å²) in [5.74, 6) is 0.277. The molecule has 0 N–H and O–H groups in total. The number of rotatable bonds is 3. The number of thioether (sulfide) groups is 1. The van der Waals surface area contributed by atoms with Crippen LogP contribution in [0.25, 0.3) is 0 Å². The van der Waals surface area contributed by atoms with Crippen LogP contribution < -0.4 is 0 Å². The van der Waals surface area contributed by atoms with Crippen LogP contribution in [0.3, 0.4) is 0 Å². The zero-order valence-electron chi connectivity index (χ0n) is 10.9. The molecule has 0 aliphatic carbocycles. The Balaban J connectivity index is 2.14. The zero-order chi connectivity index (χ0) is 13.8. The summed E-state index contributed by atoms with van der Waals surface area (Å²) in [7, 11) is 0. The first-order valence-corrected chi connectivity index (χ1v) is 6.97. The van der Waals surface area contributed by atoms with E-state index < -0.39 is 0 Å². The van der Waals surface area contributed by atoms with Crippen molar-refractivity contribution in [2.75, 3.05) is 0 Å². The maximum Gasteiger partial charge on any atom is 0.127 e. The summed E-state index contributed by atoms with van der Waals surface area (Å²) in [6.07, 6.45) is 0. The van der Waals surface area contributed by atoms with E-state index in [0.29, 0.717) is 16.9 Å². The molecule has 0 bridgehead atoms. The molecular weight excluding hydrogens is 257 g/mol. The highest BCUT2D eigenvalue weighted by Crippen LogP contribution is 2.26. The maximum absolute atomic E-state index is 13.6. The van der Waals surface area contributed by atoms with E-state index >= 15 is 0 Å². The van der Waals surface area contributed by atoms with Crippen molar-refractivity contribution in [1.29, 1.82) is 5.26 Å². The average molecular weight is 271 g/mol. The van der Waals surface area contributed by atoms with E-state index in [4.69, 9.17) is 5.26 Å². The molecule has 0 saturated heterocycles. The number of nitriles is 1. The molecule has 3 heteroatoms. The number of benzene rings is 2. The second kappa shape index (κ2) is 5.90. The van der Waals surface area contributed by atoms with Crippen molar-refractivity contribution in [3.8, 4) is 6.07 Å². The minimum absolute atomic E-state index is 0.254. The molecule has 0 unspecified atom stereocenters. The van der Waals surface area contributed by atoms with Gasteiger partial charge in [0.15, 0.2) is 0 Å². The highest BCUT2D eigenvalue weighted by Gasteiger charge is 2.05. The first-order chi connectivity index (χ1) is 9.10. The summed E-state index contributed by atoms with van der Waals surface area (Å²) < 4.78 is 13.6. The molecule has 0 spiro atoms. The molecule has 0 radical (unpaired) electrons. The summed E-state index contributed by atoms with van der Waals surface area (Å²) in [4.78, 5) is 1.12. The van der Waals surface area contributed by atoms with E-state index in [0.717, 1.165) is 4.90 Å². The average Bonchev–Trinajstić information content (AvgIpc) is 2.41. The summed E-state index contributed by atoms with van der Waals surface area (Å²) in [6.45, 7) is 4.14. The molecule has 0 amide bonds. The fourth-order valence-electron chi connectivity index (χ4n) is 1.72. The lowest BCUT2D eigenvalue weighted by Gasteiger charge is -2.06. The van der Waals surface area contributed by atoms with Crippen molar-refractivity contribution in [3.63, 3.8) is 0 Å². The third-order valence-corrected chi connectivity index (χ3v) is 4.09. The minimum Gasteiger partial charge on any atom is -0.207 e. The van der Waals surface area contributed by atoms with Gasteiger partial charge in [-0.25, -0.2) is 4.39 Å². The maximum atomic E-state index is 13.6. The van der Waals surface area contributed by atoms with Gasteiger partial charge in [-0.15, -0.1) is 11.8 Å². The van der Waals surface area contributed by atoms with Crippen molar-refractivity contribution in [1.82, 2.24) is 0 Å². The Morgan fingerprint density at radius 2 is 1.89 bits per heavy atom. The summed E-state index contributed by atoms with van der Waals surface area (Å²) >= 11 is 1.58. The van der Waals surface area contributed by atoms with E-state index in [1.165, 1.54) is 23.3 Å². The van der Waals surface area contributed by atoms with E-state index in [2.05, 4.69) is 26.0 Å². The van der Waals surface area contributed by atoms with E-state index in [-0.39, 0.29) is 5.82 Å². The lowest BCUT2D eigenvalue weighted by molar-refractivity contribution is 0.617. The van der Waals surface area contributed by atoms with Gasteiger partial charge in [0.2, 0.25) is 0 Å². The molecular formula is C16H14FNS. The van der Waals surface area contributed by atoms with E-state index in [9.17, 15) is 4.39 Å². The molecule has 2 rings (SSSR count). The molecule has 0 aromatic heterocycles. The van der Waals surface area contributed by atoms with Gasteiger partial charge in [-0.3, -0.25) is 0 Å². The third-order valence-electron chi connectivity index (χ3n) is 3.05. The predicted octanol–water partition coefficient (Wildman–Crippen LogP) is 4.61. The Kier molecular flexibility index (Phi) is 4.24. The summed E-state index contributed by atoms with van der Waals surface area (Å²) in [5, 5.41) is 8.83. The first kappa shape index (κ1) is 13.6. The molecule has 0 aliphatic rings. The fourth-order valence-corrected chi connectivity index (χ4v) is 2.69. The van der Waals surface area contributed by atoms with E-state index in [1.54, 1.807) is 17.8 Å². The van der Waals surface area contributed by atoms with Crippen molar-refractivity contribution in [3.05, 3.63) is 64.5 Å². The second-order valence-corrected chi connectivity index (χ2v) is 5.50. The smallest absolute Gasteiger partial charge is 0.127 e. The predicted molar refractivity (Wildman–Crippen MR) is 76.6 cm³/mol. The van der Waals surface area contributed by atoms with Gasteiger partial charge in [0.05, 0.1) is 11.6 Å². The Morgan fingerprint density at radius 3 is 2.58 bits per heavy atom. The quantitative estimate of drug-likeness (QED) is 0.761. The van der Waals surface area contributed by atoms with Crippen LogP contribution in [-0.2, 0) is 5.75 Å². The first-order valence-electron chi connectivity index (χ1n) is 5.99. The Hall–Kier alpha value is -1.79. The molecule has 1 nitrogen and oxygen atoms in total. The molecule has 0 saturated carbocycles. The molecule has 2 aromatic carbocycles. The number of halogens is 1. The van der Waals surface area contributed by atoms with E-state index in [1.807, 2.05) is 12.1 Å². The van der Waals surface area contributed by atoms with Crippen LogP contribution in [0, 0.1) is 31.0 Å². The van der Waals surface area contributed by atoms with Crippen LogP contribution in [-0.4, -0.2) is 0 Å². The Labute approximate surface area is 117 Å². The van der Waals surface area contributed by atoms with Gasteiger partial charge in [-0.1, -0.05) is 6.07 Å². The molecule has 0 aliphatic heterocycles. The van der Waals surface area contributed by atoms with Crippen LogP contribution in [0.5, 0.6) is 0 Å². The summed E-state index contributed by atoms with van der Waals surface area (Å²) in [5.41, 5.74) is 3.55. The standard InChI is InChI=1S/C16H14FNS/c1-11-3-5-15(7-12(11)2)19-10-14-8-13(9-18)4-6-16(14)17/h3-8H,10H2,1-2H3. The molecule has 96 valence electrons. The van der Waals surface area contributed by atoms with Crippen molar-refractivity contribution >= 4 is 11.8 Å². The lowest BCUT2D eigenvalue weighted by Crippen LogP contribution is -1.90. The van der Waals surface area contributed by atoms with Crippen molar-refractivity contribution in [2.24, 2.45) is 0 Å². The third kappa shape index (κ3) is 3.36. The molecule has 2 aromatic rings. The van der Waals surface area contributed by atoms with Crippen LogP contribution in [0.15, 0.2) is 41.3 Å². The van der Waals surface area contributed by atoms with Crippen molar-refractivity contribution in [2.45, 2.75) is 24.5 Å². The van der Waals surface area contributed by atoms with Gasteiger partial charge in [0.1, 0.15) is 5.82 Å². The van der Waals surface area contributed by atoms with Crippen LogP contribution in [0.2, 0.25) is 0 Å². The van der Waals surface area contributed by atoms with Gasteiger partial charge >= 0.3 is 0 Å². The SMILES string of the molecule is Cc1ccc(SCc2cc(C#N)ccc2F)cc1C. The number of nitrogens with zero attached hydrogens (tertiary/aromatic N) is 1. The highest BCUT2D eigenvalue weighted by molar-refractivity contribution is 7.98. The molecule has 0 fully saturated rings. The number of hydrogen-bond donors (Lipinski definition) is 0. The minimum atomic E-state index is -0.254. The number of aryl methyl sites for hydroxylation is 2. The topological polar surface area (TPSA) is 23.8 Å². The molecule has 19 heavy (non-hydrogen) atoms. The van der Waals surface area contributed by atoms with Crippen LogP contribution in [0.1, 0.15) is 22.3 Å². The highest BCUT2D eigenvalue weighted by atomic mass is 32.2. The lowest BCUT2D eigenvalue weighted by atomic mass is 10.1. The second-order valence-electron chi connectivity index (χ2n) is 4.45. The monoisotopic (exact) mass is 271 g/mol. The molecule has 0 heterocycles. The Bertz CT molecular complexity index is 644. The normalized spacial score (nSPS) is 10.2. The van der Waals surface area contributed by atoms with Crippen LogP contribution >= 0.6 is 11.8 Å². The van der Waals surface area contributed by atoms with Gasteiger partial charge < -0.3 is 0 Å². The summed E-state index contributed by atoms with van der Waals surface area (Å²) in [6, 6.07) is 12.7. The largest absolute Gasteiger partial charge is 0.207 e. The molecule has 0 atom stereocenters. The zero-order valence-corrected chi connectivity index (χ0v) is 11.7. The fraction of sp³-hybridized carbons (Fsp3) is 0.188. The van der Waals surface area contributed by atoms with Crippen molar-refractivity contribution < 1.29 is 4.39 Å². The van der Waals surface area contributed by atoms with Crippen LogP contribution in [0.4, 0.5) is 4.39 Å². The van der Waals surface area contributed by atoms with Gasteiger partial charge in [0.25, 0.3) is 0 Å². The van der Waals surface area contributed by atoms with Gasteiger partial charge in [0, 0.05) is 10.6 Å². The Morgan fingerprint density at radius 1 is 1.11 bits per heavy atom.